The molecule has 1 aliphatic heterocycles. The van der Waals surface area contributed by atoms with Crippen LogP contribution in [-0.4, -0.2) is 50.9 Å². The highest BCUT2D eigenvalue weighted by molar-refractivity contribution is 14.2. The van der Waals surface area contributed by atoms with Crippen molar-refractivity contribution in [3.63, 3.8) is 0 Å². The maximum Gasteiger partial charge on any atom is 0.330 e. The van der Waals surface area contributed by atoms with Gasteiger partial charge < -0.3 is 19.5 Å². The Hall–Kier alpha value is -0.460. The minimum absolute atomic E-state index is 0.146. The number of hydrogen-bond donors (Lipinski definition) is 3. The van der Waals surface area contributed by atoms with Gasteiger partial charge in [-0.05, 0) is 22.0 Å². The van der Waals surface area contributed by atoms with Gasteiger partial charge in [-0.1, -0.05) is 0 Å². The third-order valence-corrected chi connectivity index (χ3v) is 4.71. The van der Waals surface area contributed by atoms with Crippen LogP contribution in [0.25, 0.3) is 0 Å². The molecule has 1 aromatic heterocycles. The molecule has 0 aliphatic carbocycles. The fraction of sp³-hybridized carbons (Fsp3) is 0.636. The summed E-state index contributed by atoms with van der Waals surface area (Å²) in [6.07, 6.45) is -4.40. The number of halogens is 3. The average molecular weight is 466 g/mol. The number of H-pyrrole nitrogens is 1. The first kappa shape index (κ1) is 18.9. The molecule has 3 N–H and O–H groups in total. The van der Waals surface area contributed by atoms with E-state index in [0.29, 0.717) is 10.8 Å². The number of alkyl halides is 1. The normalized spacial score (nSPS) is 31.3. The third kappa shape index (κ3) is 3.49. The molecule has 1 unspecified atom stereocenters. The van der Waals surface area contributed by atoms with Crippen LogP contribution in [0, 0.1) is 5.82 Å². The molecule has 1 fully saturated rings. The maximum atomic E-state index is 14.7. The zero-order chi connectivity index (χ0) is 17.2. The molecule has 0 spiro atoms. The summed E-state index contributed by atoms with van der Waals surface area (Å²) in [6, 6.07) is 0. The van der Waals surface area contributed by atoms with Crippen molar-refractivity contribution in [3.8, 4) is 0 Å². The third-order valence-electron chi connectivity index (χ3n) is 3.61. The second-order valence-corrected chi connectivity index (χ2v) is 6.62. The fourth-order valence-electron chi connectivity index (χ4n) is 2.49. The van der Waals surface area contributed by atoms with Gasteiger partial charge in [-0.25, -0.2) is 9.18 Å². The Morgan fingerprint density at radius 3 is 2.78 bits per heavy atom. The van der Waals surface area contributed by atoms with Crippen LogP contribution in [0.4, 0.5) is 8.78 Å². The van der Waals surface area contributed by atoms with Crippen LogP contribution >= 0.6 is 28.5 Å². The molecule has 1 aliphatic rings. The van der Waals surface area contributed by atoms with Gasteiger partial charge in [-0.15, -0.1) is 0 Å². The predicted molar refractivity (Wildman–Crippen MR) is 85.0 cm³/mol. The topological polar surface area (TPSA) is 114 Å². The molecule has 0 amide bonds. The van der Waals surface area contributed by atoms with Gasteiger partial charge in [0.15, 0.2) is 12.4 Å². The minimum atomic E-state index is -1.92. The summed E-state index contributed by atoms with van der Waals surface area (Å²) in [4.78, 5) is 24.6. The number of hydrogen-bond acceptors (Lipinski definition) is 6. The standard InChI is InChI=1S/C11H14F2IN2O6P/c12-5-3-16(10(20)15-8(5)19)9-6(13)7(22-23-14)11(4-18,21-9)1-2-17/h3,6-7,9,17-18,23H,1-2,4H2,(H,15,19,20)/t6-,7-,9+,11+/m0/s1. The lowest BCUT2D eigenvalue weighted by Gasteiger charge is -2.31. The SMILES string of the molecule is O=c1[nH]c(=O)n([C@@H]2O[C@@](CO)(CCO)[C@@H](OPI)[C@@H]2F)cc1F. The van der Waals surface area contributed by atoms with E-state index in [2.05, 4.69) is 0 Å². The van der Waals surface area contributed by atoms with Crippen molar-refractivity contribution in [2.24, 2.45) is 0 Å². The number of aliphatic hydroxyl groups is 2. The molecule has 0 radical (unpaired) electrons. The van der Waals surface area contributed by atoms with Crippen molar-refractivity contribution in [2.45, 2.75) is 30.5 Å². The van der Waals surface area contributed by atoms with Crippen molar-refractivity contribution in [2.75, 3.05) is 13.2 Å². The van der Waals surface area contributed by atoms with E-state index in [1.807, 2.05) is 22.0 Å². The van der Waals surface area contributed by atoms with E-state index in [1.165, 1.54) is 0 Å². The van der Waals surface area contributed by atoms with Crippen molar-refractivity contribution in [1.29, 1.82) is 0 Å². The van der Waals surface area contributed by atoms with Crippen molar-refractivity contribution in [1.82, 2.24) is 9.55 Å². The molecular formula is C11H14F2IN2O6P. The maximum absolute atomic E-state index is 14.7. The van der Waals surface area contributed by atoms with Gasteiger partial charge in [0.05, 0.1) is 19.3 Å². The smallest absolute Gasteiger partial charge is 0.330 e. The van der Waals surface area contributed by atoms with Gasteiger partial charge in [0.25, 0.3) is 5.56 Å². The summed E-state index contributed by atoms with van der Waals surface area (Å²) in [7, 11) is 0. The lowest BCUT2D eigenvalue weighted by atomic mass is 9.93. The van der Waals surface area contributed by atoms with Gasteiger partial charge in [0.2, 0.25) is 5.82 Å². The Morgan fingerprint density at radius 2 is 2.22 bits per heavy atom. The molecule has 1 aromatic rings. The largest absolute Gasteiger partial charge is 0.396 e. The molecule has 23 heavy (non-hydrogen) atoms. The van der Waals surface area contributed by atoms with Crippen molar-refractivity contribution in [3.05, 3.63) is 32.9 Å². The van der Waals surface area contributed by atoms with Crippen LogP contribution in [-0.2, 0) is 9.26 Å². The Morgan fingerprint density at radius 1 is 1.52 bits per heavy atom. The number of nitrogens with zero attached hydrogens (tertiary/aromatic N) is 1. The lowest BCUT2D eigenvalue weighted by molar-refractivity contribution is -0.132. The number of ether oxygens (including phenoxy) is 1. The summed E-state index contributed by atoms with van der Waals surface area (Å²) in [5.74, 6) is -1.28. The first-order valence-corrected chi connectivity index (χ1v) is 10.5. The minimum Gasteiger partial charge on any atom is -0.396 e. The van der Waals surface area contributed by atoms with Crippen molar-refractivity contribution >= 4 is 28.5 Å². The number of aliphatic hydroxyl groups excluding tert-OH is 2. The van der Waals surface area contributed by atoms with Gasteiger partial charge in [0, 0.05) is 13.0 Å². The zero-order valence-corrected chi connectivity index (χ0v) is 14.7. The first-order chi connectivity index (χ1) is 10.9. The van der Waals surface area contributed by atoms with Gasteiger partial charge in [-0.2, -0.15) is 4.39 Å². The Balaban J connectivity index is 2.47. The summed E-state index contributed by atoms with van der Waals surface area (Å²) in [6.45, 7) is -1.26. The lowest BCUT2D eigenvalue weighted by Crippen LogP contribution is -2.46. The van der Waals surface area contributed by atoms with Crippen LogP contribution in [0.3, 0.4) is 0 Å². The number of rotatable bonds is 6. The molecular weight excluding hydrogens is 452 g/mol. The van der Waals surface area contributed by atoms with E-state index in [4.69, 9.17) is 14.4 Å². The molecule has 5 atom stereocenters. The molecule has 1 saturated heterocycles. The molecule has 12 heteroatoms. The Labute approximate surface area is 143 Å². The highest BCUT2D eigenvalue weighted by Crippen LogP contribution is 2.45. The quantitative estimate of drug-likeness (QED) is 0.402. The molecule has 8 nitrogen and oxygen atoms in total. The van der Waals surface area contributed by atoms with Crippen LogP contribution < -0.4 is 11.2 Å². The molecule has 0 saturated carbocycles. The monoisotopic (exact) mass is 466 g/mol. The summed E-state index contributed by atoms with van der Waals surface area (Å²) in [5.41, 5.74) is -3.87. The zero-order valence-electron chi connectivity index (χ0n) is 11.5. The van der Waals surface area contributed by atoms with Crippen LogP contribution in [0.2, 0.25) is 0 Å². The summed E-state index contributed by atoms with van der Waals surface area (Å²) in [5, 5.41) is 18.7. The van der Waals surface area contributed by atoms with Gasteiger partial charge in [-0.3, -0.25) is 14.3 Å². The molecule has 0 bridgehead atoms. The second kappa shape index (κ2) is 7.62. The molecule has 2 heterocycles. The van der Waals surface area contributed by atoms with E-state index in [-0.39, 0.29) is 12.9 Å². The Kier molecular flexibility index (Phi) is 6.25. The number of aromatic amines is 1. The second-order valence-electron chi connectivity index (χ2n) is 4.91. The molecule has 130 valence electrons. The first-order valence-electron chi connectivity index (χ1n) is 6.46. The highest BCUT2D eigenvalue weighted by Gasteiger charge is 2.57. The number of aromatic nitrogens is 2. The summed E-state index contributed by atoms with van der Waals surface area (Å²) < 4.78 is 39.4. The highest BCUT2D eigenvalue weighted by atomic mass is 127. The van der Waals surface area contributed by atoms with E-state index >= 15 is 0 Å². The number of nitrogens with one attached hydrogen (secondary N) is 1. The predicted octanol–water partition coefficient (Wildman–Crippen LogP) is -0.0152. The van der Waals surface area contributed by atoms with Crippen molar-refractivity contribution < 1.29 is 28.3 Å². The van der Waals surface area contributed by atoms with E-state index < -0.39 is 54.4 Å². The molecule has 2 rings (SSSR count). The van der Waals surface area contributed by atoms with E-state index in [9.17, 15) is 23.5 Å². The average Bonchev–Trinajstić information content (AvgIpc) is 2.78. The Bertz CT molecular complexity index is 673. The fourth-order valence-corrected chi connectivity index (χ4v) is 3.75. The summed E-state index contributed by atoms with van der Waals surface area (Å²) >= 11 is 1.85. The van der Waals surface area contributed by atoms with Crippen LogP contribution in [0.1, 0.15) is 12.6 Å². The van der Waals surface area contributed by atoms with Gasteiger partial charge in [0.1, 0.15) is 11.7 Å². The van der Waals surface area contributed by atoms with E-state index in [0.717, 1.165) is 0 Å². The van der Waals surface area contributed by atoms with Crippen LogP contribution in [0.5, 0.6) is 0 Å². The van der Waals surface area contributed by atoms with E-state index in [1.54, 1.807) is 4.98 Å². The van der Waals surface area contributed by atoms with Crippen LogP contribution in [0.15, 0.2) is 15.8 Å². The van der Waals surface area contributed by atoms with Gasteiger partial charge >= 0.3 is 5.69 Å². The molecule has 0 aromatic carbocycles.